The summed E-state index contributed by atoms with van der Waals surface area (Å²) in [6, 6.07) is 12.4. The van der Waals surface area contributed by atoms with E-state index in [0.29, 0.717) is 22.1 Å². The van der Waals surface area contributed by atoms with Gasteiger partial charge in [0.25, 0.3) is 10.0 Å². The lowest BCUT2D eigenvalue weighted by Crippen LogP contribution is -2.53. The van der Waals surface area contributed by atoms with Gasteiger partial charge in [0.2, 0.25) is 11.8 Å². The molecule has 0 saturated carbocycles. The van der Waals surface area contributed by atoms with Crippen LogP contribution in [0.15, 0.2) is 59.5 Å². The van der Waals surface area contributed by atoms with E-state index in [4.69, 9.17) is 42.1 Å². The molecule has 0 fully saturated rings. The van der Waals surface area contributed by atoms with E-state index in [9.17, 15) is 18.0 Å². The zero-order valence-corrected chi connectivity index (χ0v) is 29.1. The first-order valence-electron chi connectivity index (χ1n) is 14.3. The molecular weight excluding hydrogens is 657 g/mol. The second-order valence-electron chi connectivity index (χ2n) is 10.4. The summed E-state index contributed by atoms with van der Waals surface area (Å²) in [5.74, 6) is -0.0720. The van der Waals surface area contributed by atoms with Gasteiger partial charge in [-0.05, 0) is 62.2 Å². The predicted molar refractivity (Wildman–Crippen MR) is 178 cm³/mol. The Kier molecular flexibility index (Phi) is 12.8. The lowest BCUT2D eigenvalue weighted by molar-refractivity contribution is -0.140. The second kappa shape index (κ2) is 16.1. The van der Waals surface area contributed by atoms with E-state index < -0.39 is 28.5 Å². The number of nitrogens with one attached hydrogen (secondary N) is 1. The number of methoxy groups -OCH3 is 4. The first-order valence-corrected chi connectivity index (χ1v) is 16.5. The molecule has 3 aromatic rings. The Balaban J connectivity index is 2.21. The van der Waals surface area contributed by atoms with Crippen molar-refractivity contribution >= 4 is 50.7 Å². The Morgan fingerprint density at radius 1 is 0.826 bits per heavy atom. The molecule has 0 unspecified atom stereocenters. The molecule has 11 nitrogen and oxygen atoms in total. The van der Waals surface area contributed by atoms with Gasteiger partial charge in [0, 0.05) is 24.7 Å². The molecule has 0 aliphatic heterocycles. The molecule has 0 radical (unpaired) electrons. The van der Waals surface area contributed by atoms with Crippen LogP contribution in [-0.2, 0) is 26.2 Å². The van der Waals surface area contributed by atoms with Crippen LogP contribution in [0, 0.1) is 0 Å². The molecule has 3 aromatic carbocycles. The van der Waals surface area contributed by atoms with Crippen molar-refractivity contribution in [2.45, 2.75) is 50.7 Å². The normalized spacial score (nSPS) is 11.9. The van der Waals surface area contributed by atoms with Crippen LogP contribution in [0.4, 0.5) is 5.69 Å². The van der Waals surface area contributed by atoms with Crippen molar-refractivity contribution in [2.75, 3.05) is 39.3 Å². The third-order valence-electron chi connectivity index (χ3n) is 7.03. The van der Waals surface area contributed by atoms with Crippen LogP contribution in [0.5, 0.6) is 23.0 Å². The van der Waals surface area contributed by atoms with Crippen LogP contribution >= 0.6 is 23.2 Å². The Morgan fingerprint density at radius 2 is 1.48 bits per heavy atom. The molecule has 1 N–H and O–H groups in total. The van der Waals surface area contributed by atoms with E-state index in [1.54, 1.807) is 31.2 Å². The highest BCUT2D eigenvalue weighted by molar-refractivity contribution is 7.92. The summed E-state index contributed by atoms with van der Waals surface area (Å²) in [4.78, 5) is 28.9. The molecule has 2 amide bonds. The van der Waals surface area contributed by atoms with Crippen molar-refractivity contribution in [3.05, 3.63) is 70.2 Å². The molecule has 0 aliphatic carbocycles. The molecule has 0 heterocycles. The average molecular weight is 697 g/mol. The first-order chi connectivity index (χ1) is 21.8. The van der Waals surface area contributed by atoms with E-state index in [2.05, 4.69) is 5.32 Å². The van der Waals surface area contributed by atoms with E-state index >= 15 is 0 Å². The molecule has 3 rings (SSSR count). The maximum atomic E-state index is 14.4. The zero-order valence-electron chi connectivity index (χ0n) is 26.8. The molecule has 250 valence electrons. The molecule has 1 atom stereocenters. The molecule has 0 spiro atoms. The number of hydrogen-bond donors (Lipinski definition) is 1. The number of sulfonamides is 1. The topological polar surface area (TPSA) is 124 Å². The van der Waals surface area contributed by atoms with Gasteiger partial charge in [0.05, 0.1) is 49.1 Å². The minimum Gasteiger partial charge on any atom is -0.497 e. The molecule has 46 heavy (non-hydrogen) atoms. The summed E-state index contributed by atoms with van der Waals surface area (Å²) in [5.41, 5.74) is 0.631. The van der Waals surface area contributed by atoms with Gasteiger partial charge in [0.15, 0.2) is 11.5 Å². The van der Waals surface area contributed by atoms with Crippen molar-refractivity contribution in [1.29, 1.82) is 0 Å². The number of nitrogens with zero attached hydrogens (tertiary/aromatic N) is 2. The van der Waals surface area contributed by atoms with Crippen molar-refractivity contribution in [3.63, 3.8) is 0 Å². The highest BCUT2D eigenvalue weighted by Crippen LogP contribution is 2.38. The Bertz CT molecular complexity index is 1650. The average Bonchev–Trinajstić information content (AvgIpc) is 3.03. The van der Waals surface area contributed by atoms with E-state index in [1.165, 1.54) is 63.7 Å². The van der Waals surface area contributed by atoms with Gasteiger partial charge in [0.1, 0.15) is 24.1 Å². The maximum absolute atomic E-state index is 14.4. The summed E-state index contributed by atoms with van der Waals surface area (Å²) in [7, 11) is 1.15. The molecule has 14 heteroatoms. The quantitative estimate of drug-likeness (QED) is 0.219. The van der Waals surface area contributed by atoms with Gasteiger partial charge in [-0.3, -0.25) is 13.9 Å². The van der Waals surface area contributed by atoms with Gasteiger partial charge in [-0.1, -0.05) is 36.2 Å². The number of carbonyl (C=O) groups is 2. The van der Waals surface area contributed by atoms with Crippen LogP contribution in [0.1, 0.15) is 32.8 Å². The van der Waals surface area contributed by atoms with Gasteiger partial charge in [-0.2, -0.15) is 0 Å². The number of amides is 2. The van der Waals surface area contributed by atoms with Crippen LogP contribution in [-0.4, -0.2) is 72.2 Å². The highest BCUT2D eigenvalue weighted by Gasteiger charge is 2.35. The molecule has 0 aromatic heterocycles. The molecule has 0 saturated heterocycles. The van der Waals surface area contributed by atoms with E-state index in [-0.39, 0.29) is 52.0 Å². The first kappa shape index (κ1) is 36.6. The van der Waals surface area contributed by atoms with Crippen molar-refractivity contribution < 1.29 is 37.0 Å². The number of benzene rings is 3. The summed E-state index contributed by atoms with van der Waals surface area (Å²) in [6.07, 6.45) is 0.247. The fourth-order valence-electron chi connectivity index (χ4n) is 4.74. The molecular formula is C32H39Cl2N3O8S. The van der Waals surface area contributed by atoms with Crippen molar-refractivity contribution in [3.8, 4) is 23.0 Å². The minimum atomic E-state index is -4.48. The van der Waals surface area contributed by atoms with E-state index in [0.717, 1.165) is 4.31 Å². The zero-order chi connectivity index (χ0) is 34.2. The van der Waals surface area contributed by atoms with Crippen molar-refractivity contribution in [2.24, 2.45) is 0 Å². The number of hydrogen-bond acceptors (Lipinski definition) is 8. The number of anilines is 1. The molecule has 0 aliphatic rings. The number of halogens is 2. The van der Waals surface area contributed by atoms with Gasteiger partial charge in [-0.15, -0.1) is 0 Å². The smallest absolute Gasteiger partial charge is 0.265 e. The van der Waals surface area contributed by atoms with Crippen LogP contribution < -0.4 is 28.6 Å². The lowest BCUT2D eigenvalue weighted by Gasteiger charge is -2.34. The van der Waals surface area contributed by atoms with E-state index in [1.807, 2.05) is 13.8 Å². The SMILES string of the molecule is CC[C@@H](C(=O)NC(C)C)N(Cc1ccc(Cl)c(Cl)c1)C(=O)CN(c1cc(OC)ccc1OC)S(=O)(=O)c1ccc(OC)c(OC)c1. The maximum Gasteiger partial charge on any atom is 0.265 e. The second-order valence-corrected chi connectivity index (χ2v) is 13.1. The number of carbonyl (C=O) groups excluding carboxylic acids is 2. The summed E-state index contributed by atoms with van der Waals surface area (Å²) in [5, 5.41) is 3.45. The summed E-state index contributed by atoms with van der Waals surface area (Å²) < 4.78 is 51.3. The summed E-state index contributed by atoms with van der Waals surface area (Å²) >= 11 is 12.4. The largest absolute Gasteiger partial charge is 0.497 e. The van der Waals surface area contributed by atoms with Crippen LogP contribution in [0.25, 0.3) is 0 Å². The highest BCUT2D eigenvalue weighted by atomic mass is 35.5. The van der Waals surface area contributed by atoms with Gasteiger partial charge >= 0.3 is 0 Å². The Hall–Kier alpha value is -3.87. The monoisotopic (exact) mass is 695 g/mol. The van der Waals surface area contributed by atoms with Gasteiger partial charge < -0.3 is 29.2 Å². The van der Waals surface area contributed by atoms with Crippen LogP contribution in [0.3, 0.4) is 0 Å². The third-order valence-corrected chi connectivity index (χ3v) is 9.53. The molecule has 0 bridgehead atoms. The lowest BCUT2D eigenvalue weighted by atomic mass is 10.1. The third kappa shape index (κ3) is 8.48. The summed E-state index contributed by atoms with van der Waals surface area (Å²) in [6.45, 7) is 4.62. The fourth-order valence-corrected chi connectivity index (χ4v) is 6.50. The van der Waals surface area contributed by atoms with Crippen molar-refractivity contribution in [1.82, 2.24) is 10.2 Å². The van der Waals surface area contributed by atoms with Crippen LogP contribution in [0.2, 0.25) is 10.0 Å². The Morgan fingerprint density at radius 3 is 2.04 bits per heavy atom. The standard InChI is InChI=1S/C32H39Cl2N3O8S/c1-8-26(32(39)35-20(2)3)36(18-21-9-12-24(33)25(34)15-21)31(38)19-37(27-16-22(42-4)10-13-28(27)43-5)46(40,41)23-11-14-29(44-6)30(17-23)45-7/h9-17,20,26H,8,18-19H2,1-7H3,(H,35,39)/t26-/m0/s1. The number of ether oxygens (including phenoxy) is 4. The number of rotatable bonds is 15. The minimum absolute atomic E-state index is 0.0409. The fraction of sp³-hybridized carbons (Fsp3) is 0.375. The van der Waals surface area contributed by atoms with Gasteiger partial charge in [-0.25, -0.2) is 8.42 Å². The Labute approximate surface area is 280 Å². The predicted octanol–water partition coefficient (Wildman–Crippen LogP) is 5.56.